The Kier molecular flexibility index (Phi) is 4.74. The smallest absolute Gasteiger partial charge is 0.327 e. The van der Waals surface area contributed by atoms with Gasteiger partial charge in [-0.05, 0) is 12.5 Å². The Balaban J connectivity index is 2.29. The Hall–Kier alpha value is -1.79. The van der Waals surface area contributed by atoms with Crippen molar-refractivity contribution in [1.29, 1.82) is 0 Å². The first-order chi connectivity index (χ1) is 7.99. The van der Waals surface area contributed by atoms with E-state index in [1.54, 1.807) is 19.3 Å². The fraction of sp³-hybridized carbons (Fsp3) is 0.400. The van der Waals surface area contributed by atoms with Crippen LogP contribution < -0.4 is 0 Å². The highest BCUT2D eigenvalue weighted by Gasteiger charge is 2.08. The molecule has 0 aliphatic rings. The van der Waals surface area contributed by atoms with Crippen molar-refractivity contribution in [3.63, 3.8) is 0 Å². The molecule has 0 unspecified atom stereocenters. The van der Waals surface area contributed by atoms with Crippen LogP contribution in [-0.2, 0) is 16.1 Å². The lowest BCUT2D eigenvalue weighted by molar-refractivity contribution is -0.144. The Bertz CT molecular complexity index is 425. The van der Waals surface area contributed by atoms with Gasteiger partial charge in [-0.3, -0.25) is 9.48 Å². The minimum atomic E-state index is -2.39. The van der Waals surface area contributed by atoms with Gasteiger partial charge in [-0.1, -0.05) is 0 Å². The standard InChI is InChI=1S/C10H11F3N2O2/c1-7-4-14-15(5-7)6-9(16)17-3-2-8(11)10(12)13/h4-5H,2-3,6H2,1H3. The van der Waals surface area contributed by atoms with Gasteiger partial charge in [-0.15, -0.1) is 0 Å². The Morgan fingerprint density at radius 1 is 1.47 bits per heavy atom. The topological polar surface area (TPSA) is 44.1 Å². The van der Waals surface area contributed by atoms with E-state index in [4.69, 9.17) is 0 Å². The molecular formula is C10H11F3N2O2. The van der Waals surface area contributed by atoms with E-state index in [0.29, 0.717) is 0 Å². The highest BCUT2D eigenvalue weighted by Crippen LogP contribution is 2.12. The molecule has 0 radical (unpaired) electrons. The number of carbonyl (C=O) groups is 1. The number of carbonyl (C=O) groups excluding carboxylic acids is 1. The number of esters is 1. The lowest BCUT2D eigenvalue weighted by Crippen LogP contribution is -2.14. The molecule has 0 saturated heterocycles. The molecule has 17 heavy (non-hydrogen) atoms. The molecule has 0 aliphatic heterocycles. The first-order valence-electron chi connectivity index (χ1n) is 4.83. The summed E-state index contributed by atoms with van der Waals surface area (Å²) in [6.45, 7) is 1.26. The molecule has 0 N–H and O–H groups in total. The summed E-state index contributed by atoms with van der Waals surface area (Å²) in [5, 5.41) is 3.84. The lowest BCUT2D eigenvalue weighted by atomic mass is 10.4. The molecule has 0 aliphatic carbocycles. The molecule has 0 saturated carbocycles. The SMILES string of the molecule is Cc1cnn(CC(=O)OCCC(F)=C(F)F)c1. The van der Waals surface area contributed by atoms with Crippen molar-refractivity contribution in [1.82, 2.24) is 9.78 Å². The molecule has 1 heterocycles. The highest BCUT2D eigenvalue weighted by atomic mass is 19.3. The molecule has 0 bridgehead atoms. The van der Waals surface area contributed by atoms with E-state index in [9.17, 15) is 18.0 Å². The van der Waals surface area contributed by atoms with Crippen LogP contribution in [0.15, 0.2) is 24.3 Å². The van der Waals surface area contributed by atoms with Gasteiger partial charge in [0.2, 0.25) is 0 Å². The van der Waals surface area contributed by atoms with Gasteiger partial charge in [0.1, 0.15) is 6.54 Å². The molecule has 4 nitrogen and oxygen atoms in total. The van der Waals surface area contributed by atoms with Crippen LogP contribution in [0.3, 0.4) is 0 Å². The van der Waals surface area contributed by atoms with Crippen LogP contribution in [0.5, 0.6) is 0 Å². The molecule has 1 aromatic rings. The van der Waals surface area contributed by atoms with Crippen LogP contribution in [-0.4, -0.2) is 22.4 Å². The van der Waals surface area contributed by atoms with Crippen LogP contribution in [0.1, 0.15) is 12.0 Å². The predicted octanol–water partition coefficient (Wildman–Crippen LogP) is 2.20. The fourth-order valence-corrected chi connectivity index (χ4v) is 1.08. The number of halogens is 3. The van der Waals surface area contributed by atoms with E-state index in [1.807, 2.05) is 0 Å². The van der Waals surface area contributed by atoms with Gasteiger partial charge in [0.25, 0.3) is 0 Å². The second-order valence-electron chi connectivity index (χ2n) is 3.35. The molecule has 0 amide bonds. The maximum atomic E-state index is 12.3. The third kappa shape index (κ3) is 4.71. The summed E-state index contributed by atoms with van der Waals surface area (Å²) in [4.78, 5) is 11.2. The monoisotopic (exact) mass is 248 g/mol. The second-order valence-corrected chi connectivity index (χ2v) is 3.35. The number of nitrogens with zero attached hydrogens (tertiary/aromatic N) is 2. The number of aryl methyl sites for hydroxylation is 1. The van der Waals surface area contributed by atoms with Crippen molar-refractivity contribution in [2.24, 2.45) is 0 Å². The fourth-order valence-electron chi connectivity index (χ4n) is 1.08. The number of aromatic nitrogens is 2. The number of rotatable bonds is 5. The summed E-state index contributed by atoms with van der Waals surface area (Å²) in [5.74, 6) is -2.21. The summed E-state index contributed by atoms with van der Waals surface area (Å²) < 4.78 is 41.5. The third-order valence-electron chi connectivity index (χ3n) is 1.84. The van der Waals surface area contributed by atoms with Gasteiger partial charge in [0, 0.05) is 12.6 Å². The average Bonchev–Trinajstić information content (AvgIpc) is 2.63. The normalized spacial score (nSPS) is 10.1. The molecule has 1 rings (SSSR count). The zero-order valence-electron chi connectivity index (χ0n) is 9.12. The maximum Gasteiger partial charge on any atom is 0.327 e. The number of hydrogen-bond acceptors (Lipinski definition) is 3. The number of hydrogen-bond donors (Lipinski definition) is 0. The summed E-state index contributed by atoms with van der Waals surface area (Å²) in [6, 6.07) is 0. The predicted molar refractivity (Wildman–Crippen MR) is 52.9 cm³/mol. The van der Waals surface area contributed by atoms with E-state index in [0.717, 1.165) is 5.56 Å². The van der Waals surface area contributed by atoms with Crippen LogP contribution >= 0.6 is 0 Å². The van der Waals surface area contributed by atoms with Gasteiger partial charge in [0.05, 0.1) is 12.8 Å². The van der Waals surface area contributed by atoms with Crippen LogP contribution in [0.4, 0.5) is 13.2 Å². The molecule has 94 valence electrons. The van der Waals surface area contributed by atoms with Crippen LogP contribution in [0, 0.1) is 6.92 Å². The van der Waals surface area contributed by atoms with E-state index in [1.165, 1.54) is 4.68 Å². The van der Waals surface area contributed by atoms with Crippen molar-refractivity contribution in [3.8, 4) is 0 Å². The Morgan fingerprint density at radius 3 is 2.71 bits per heavy atom. The van der Waals surface area contributed by atoms with Crippen molar-refractivity contribution in [2.45, 2.75) is 19.9 Å². The molecule has 7 heteroatoms. The largest absolute Gasteiger partial charge is 0.464 e. The maximum absolute atomic E-state index is 12.3. The zero-order chi connectivity index (χ0) is 12.8. The van der Waals surface area contributed by atoms with Crippen molar-refractivity contribution >= 4 is 5.97 Å². The first kappa shape index (κ1) is 13.3. The van der Waals surface area contributed by atoms with Gasteiger partial charge >= 0.3 is 12.0 Å². The van der Waals surface area contributed by atoms with Crippen molar-refractivity contribution < 1.29 is 22.7 Å². The molecule has 0 spiro atoms. The second kappa shape index (κ2) is 6.07. The number of ether oxygens (including phenoxy) is 1. The van der Waals surface area contributed by atoms with Gasteiger partial charge < -0.3 is 4.74 Å². The quantitative estimate of drug-likeness (QED) is 0.750. The van der Waals surface area contributed by atoms with Gasteiger partial charge in [0.15, 0.2) is 5.83 Å². The molecule has 0 fully saturated rings. The molecule has 0 aromatic carbocycles. The first-order valence-corrected chi connectivity index (χ1v) is 4.83. The van der Waals surface area contributed by atoms with Crippen molar-refractivity contribution in [3.05, 3.63) is 29.9 Å². The van der Waals surface area contributed by atoms with E-state index >= 15 is 0 Å². The molecular weight excluding hydrogens is 237 g/mol. The van der Waals surface area contributed by atoms with E-state index < -0.39 is 30.9 Å². The Morgan fingerprint density at radius 2 is 2.18 bits per heavy atom. The summed E-state index contributed by atoms with van der Waals surface area (Å²) in [6.07, 6.45) is 0.187. The Labute approximate surface area is 95.7 Å². The van der Waals surface area contributed by atoms with Crippen molar-refractivity contribution in [2.75, 3.05) is 6.61 Å². The third-order valence-corrected chi connectivity index (χ3v) is 1.84. The summed E-state index contributed by atoms with van der Waals surface area (Å²) in [5.41, 5.74) is 0.881. The average molecular weight is 248 g/mol. The minimum Gasteiger partial charge on any atom is -0.464 e. The van der Waals surface area contributed by atoms with Gasteiger partial charge in [-0.25, -0.2) is 4.39 Å². The minimum absolute atomic E-state index is 0.128. The van der Waals surface area contributed by atoms with Gasteiger partial charge in [-0.2, -0.15) is 13.9 Å². The summed E-state index contributed by atoms with van der Waals surface area (Å²) in [7, 11) is 0. The van der Waals surface area contributed by atoms with Crippen LogP contribution in [0.2, 0.25) is 0 Å². The lowest BCUT2D eigenvalue weighted by Gasteiger charge is -2.03. The molecule has 0 atom stereocenters. The summed E-state index contributed by atoms with van der Waals surface area (Å²) >= 11 is 0. The highest BCUT2D eigenvalue weighted by molar-refractivity contribution is 5.69. The van der Waals surface area contributed by atoms with E-state index in [-0.39, 0.29) is 6.54 Å². The van der Waals surface area contributed by atoms with Crippen LogP contribution in [0.25, 0.3) is 0 Å². The van der Waals surface area contributed by atoms with E-state index in [2.05, 4.69) is 9.84 Å². The molecule has 1 aromatic heterocycles. The zero-order valence-corrected chi connectivity index (χ0v) is 9.12.